The van der Waals surface area contributed by atoms with Crippen LogP contribution in [0.25, 0.3) is 0 Å². The first kappa shape index (κ1) is 13.0. The summed E-state index contributed by atoms with van der Waals surface area (Å²) in [6.45, 7) is 9.10. The molecule has 2 fully saturated rings. The standard InChI is InChI=1S/C17H26N2/c1-14-6-8-15(9-7-14)19-12-16(2,3)18-17(13-19)10-4-5-11-17/h6-9,18H,4-5,10-13H2,1-3H3. The molecular formula is C17H26N2. The van der Waals surface area contributed by atoms with Crippen LogP contribution in [-0.2, 0) is 0 Å². The Morgan fingerprint density at radius 2 is 1.63 bits per heavy atom. The van der Waals surface area contributed by atoms with E-state index in [1.807, 2.05) is 0 Å². The number of anilines is 1. The van der Waals surface area contributed by atoms with E-state index < -0.39 is 0 Å². The van der Waals surface area contributed by atoms with Gasteiger partial charge in [-0.3, -0.25) is 0 Å². The van der Waals surface area contributed by atoms with E-state index in [4.69, 9.17) is 0 Å². The Bertz CT molecular complexity index is 441. The molecule has 0 radical (unpaired) electrons. The van der Waals surface area contributed by atoms with Crippen molar-refractivity contribution in [2.24, 2.45) is 0 Å². The maximum Gasteiger partial charge on any atom is 0.0367 e. The number of hydrogen-bond acceptors (Lipinski definition) is 2. The van der Waals surface area contributed by atoms with Crippen molar-refractivity contribution >= 4 is 5.69 Å². The summed E-state index contributed by atoms with van der Waals surface area (Å²) in [5.74, 6) is 0. The monoisotopic (exact) mass is 258 g/mol. The first-order valence-electron chi connectivity index (χ1n) is 7.59. The third-order valence-corrected chi connectivity index (χ3v) is 4.64. The fourth-order valence-electron chi connectivity index (χ4n) is 3.97. The van der Waals surface area contributed by atoms with Crippen LogP contribution in [0, 0.1) is 6.92 Å². The summed E-state index contributed by atoms with van der Waals surface area (Å²) in [5, 5.41) is 3.94. The van der Waals surface area contributed by atoms with Gasteiger partial charge in [-0.15, -0.1) is 0 Å². The maximum absolute atomic E-state index is 3.94. The van der Waals surface area contributed by atoms with Gasteiger partial charge in [0.2, 0.25) is 0 Å². The lowest BCUT2D eigenvalue weighted by atomic mass is 9.87. The molecule has 1 aromatic rings. The number of nitrogens with zero attached hydrogens (tertiary/aromatic N) is 1. The van der Waals surface area contributed by atoms with Crippen LogP contribution >= 0.6 is 0 Å². The van der Waals surface area contributed by atoms with Gasteiger partial charge < -0.3 is 10.2 Å². The zero-order chi connectivity index (χ0) is 13.5. The molecule has 1 aliphatic heterocycles. The van der Waals surface area contributed by atoms with Gasteiger partial charge in [-0.25, -0.2) is 0 Å². The molecule has 0 aromatic heterocycles. The van der Waals surface area contributed by atoms with Crippen LogP contribution in [0.5, 0.6) is 0 Å². The average Bonchev–Trinajstić information content (AvgIpc) is 2.75. The topological polar surface area (TPSA) is 15.3 Å². The second kappa shape index (κ2) is 4.52. The van der Waals surface area contributed by atoms with E-state index in [1.54, 1.807) is 0 Å². The van der Waals surface area contributed by atoms with Gasteiger partial charge in [0, 0.05) is 29.9 Å². The summed E-state index contributed by atoms with van der Waals surface area (Å²) < 4.78 is 0. The zero-order valence-electron chi connectivity index (χ0n) is 12.5. The number of benzene rings is 1. The molecule has 1 spiro atoms. The van der Waals surface area contributed by atoms with Crippen molar-refractivity contribution in [3.8, 4) is 0 Å². The molecule has 2 nitrogen and oxygen atoms in total. The van der Waals surface area contributed by atoms with Crippen LogP contribution in [0.3, 0.4) is 0 Å². The van der Waals surface area contributed by atoms with Crippen LogP contribution in [0.4, 0.5) is 5.69 Å². The molecule has 19 heavy (non-hydrogen) atoms. The third-order valence-electron chi connectivity index (χ3n) is 4.64. The van der Waals surface area contributed by atoms with E-state index >= 15 is 0 Å². The van der Waals surface area contributed by atoms with Gasteiger partial charge >= 0.3 is 0 Å². The van der Waals surface area contributed by atoms with Crippen molar-refractivity contribution in [2.45, 2.75) is 57.5 Å². The highest BCUT2D eigenvalue weighted by atomic mass is 15.3. The zero-order valence-corrected chi connectivity index (χ0v) is 12.5. The summed E-state index contributed by atoms with van der Waals surface area (Å²) >= 11 is 0. The molecule has 0 unspecified atom stereocenters. The SMILES string of the molecule is Cc1ccc(N2CC(C)(C)NC3(CCCC3)C2)cc1. The summed E-state index contributed by atoms with van der Waals surface area (Å²) in [7, 11) is 0. The number of hydrogen-bond donors (Lipinski definition) is 1. The highest BCUT2D eigenvalue weighted by Crippen LogP contribution is 2.37. The average molecular weight is 258 g/mol. The van der Waals surface area contributed by atoms with Crippen LogP contribution in [0.15, 0.2) is 24.3 Å². The number of aryl methyl sites for hydroxylation is 1. The fourth-order valence-corrected chi connectivity index (χ4v) is 3.97. The van der Waals surface area contributed by atoms with Crippen molar-refractivity contribution in [2.75, 3.05) is 18.0 Å². The minimum absolute atomic E-state index is 0.202. The van der Waals surface area contributed by atoms with Gasteiger partial charge in [0.05, 0.1) is 0 Å². The Labute approximate surface area is 117 Å². The van der Waals surface area contributed by atoms with E-state index in [0.29, 0.717) is 5.54 Å². The molecule has 1 N–H and O–H groups in total. The molecule has 0 bridgehead atoms. The molecule has 104 valence electrons. The second-order valence-electron chi connectivity index (χ2n) is 7.19. The van der Waals surface area contributed by atoms with Gasteiger partial charge in [-0.1, -0.05) is 30.5 Å². The molecular weight excluding hydrogens is 232 g/mol. The molecule has 3 rings (SSSR count). The molecule has 0 atom stereocenters. The number of rotatable bonds is 1. The first-order valence-corrected chi connectivity index (χ1v) is 7.59. The summed E-state index contributed by atoms with van der Waals surface area (Å²) in [4.78, 5) is 2.58. The molecule has 1 heterocycles. The van der Waals surface area contributed by atoms with E-state index in [0.717, 1.165) is 6.54 Å². The van der Waals surface area contributed by atoms with E-state index in [1.165, 1.54) is 43.5 Å². The minimum Gasteiger partial charge on any atom is -0.368 e. The Balaban J connectivity index is 1.86. The predicted octanol–water partition coefficient (Wildman–Crippen LogP) is 3.50. The van der Waals surface area contributed by atoms with Crippen LogP contribution < -0.4 is 10.2 Å². The normalized spacial score (nSPS) is 24.9. The lowest BCUT2D eigenvalue weighted by Gasteiger charge is -2.51. The molecule has 2 heteroatoms. The van der Waals surface area contributed by atoms with E-state index in [2.05, 4.69) is 55.3 Å². The third kappa shape index (κ3) is 2.64. The molecule has 1 aliphatic carbocycles. The minimum atomic E-state index is 0.202. The molecule has 2 aliphatic rings. The summed E-state index contributed by atoms with van der Waals surface area (Å²) in [6, 6.07) is 9.01. The number of nitrogens with one attached hydrogen (secondary N) is 1. The van der Waals surface area contributed by atoms with Gasteiger partial charge in [0.25, 0.3) is 0 Å². The van der Waals surface area contributed by atoms with Gasteiger partial charge in [0.1, 0.15) is 0 Å². The van der Waals surface area contributed by atoms with E-state index in [-0.39, 0.29) is 5.54 Å². The van der Waals surface area contributed by atoms with Gasteiger partial charge in [-0.05, 0) is 45.7 Å². The molecule has 1 saturated heterocycles. The van der Waals surface area contributed by atoms with Crippen LogP contribution in [0.2, 0.25) is 0 Å². The summed E-state index contributed by atoms with van der Waals surface area (Å²) in [6.07, 6.45) is 5.42. The first-order chi connectivity index (χ1) is 8.98. The van der Waals surface area contributed by atoms with Crippen molar-refractivity contribution in [1.29, 1.82) is 0 Å². The van der Waals surface area contributed by atoms with Gasteiger partial charge in [0.15, 0.2) is 0 Å². The largest absolute Gasteiger partial charge is 0.368 e. The van der Waals surface area contributed by atoms with Crippen molar-refractivity contribution < 1.29 is 0 Å². The lowest BCUT2D eigenvalue weighted by molar-refractivity contribution is 0.197. The van der Waals surface area contributed by atoms with Gasteiger partial charge in [-0.2, -0.15) is 0 Å². The van der Waals surface area contributed by atoms with Crippen LogP contribution in [-0.4, -0.2) is 24.2 Å². The Kier molecular flexibility index (Phi) is 3.09. The quantitative estimate of drug-likeness (QED) is 0.829. The maximum atomic E-state index is 3.94. The van der Waals surface area contributed by atoms with Crippen molar-refractivity contribution in [3.63, 3.8) is 0 Å². The van der Waals surface area contributed by atoms with Crippen LogP contribution in [0.1, 0.15) is 45.1 Å². The summed E-state index contributed by atoms with van der Waals surface area (Å²) in [5.41, 5.74) is 3.28. The Morgan fingerprint density at radius 1 is 1.00 bits per heavy atom. The Hall–Kier alpha value is -1.02. The highest BCUT2D eigenvalue weighted by molar-refractivity contribution is 5.49. The van der Waals surface area contributed by atoms with Crippen molar-refractivity contribution in [3.05, 3.63) is 29.8 Å². The molecule has 1 aromatic carbocycles. The molecule has 1 saturated carbocycles. The molecule has 0 amide bonds. The predicted molar refractivity (Wildman–Crippen MR) is 81.8 cm³/mol. The number of piperazine rings is 1. The smallest absolute Gasteiger partial charge is 0.0367 e. The Morgan fingerprint density at radius 3 is 2.26 bits per heavy atom. The van der Waals surface area contributed by atoms with E-state index in [9.17, 15) is 0 Å². The lowest BCUT2D eigenvalue weighted by Crippen LogP contribution is -2.68. The second-order valence-corrected chi connectivity index (χ2v) is 7.19. The highest BCUT2D eigenvalue weighted by Gasteiger charge is 2.44. The fraction of sp³-hybridized carbons (Fsp3) is 0.647. The van der Waals surface area contributed by atoms with Crippen molar-refractivity contribution in [1.82, 2.24) is 5.32 Å².